The van der Waals surface area contributed by atoms with Gasteiger partial charge in [0.05, 0.1) is 6.54 Å². The van der Waals surface area contributed by atoms with Crippen LogP contribution in [0.5, 0.6) is 0 Å². The van der Waals surface area contributed by atoms with Gasteiger partial charge in [0.1, 0.15) is 11.5 Å². The van der Waals surface area contributed by atoms with Crippen molar-refractivity contribution in [1.29, 1.82) is 0 Å². The summed E-state index contributed by atoms with van der Waals surface area (Å²) in [7, 11) is 1.74. The van der Waals surface area contributed by atoms with E-state index in [4.69, 9.17) is 11.6 Å². The highest BCUT2D eigenvalue weighted by atomic mass is 35.5. The van der Waals surface area contributed by atoms with Crippen molar-refractivity contribution in [2.24, 2.45) is 0 Å². The van der Waals surface area contributed by atoms with Crippen molar-refractivity contribution in [3.05, 3.63) is 90.3 Å². The van der Waals surface area contributed by atoms with E-state index in [0.29, 0.717) is 16.4 Å². The minimum absolute atomic E-state index is 0.0724. The second kappa shape index (κ2) is 8.67. The van der Waals surface area contributed by atoms with Crippen LogP contribution in [0.3, 0.4) is 0 Å². The summed E-state index contributed by atoms with van der Waals surface area (Å²) in [4.78, 5) is 45.4. The largest absolute Gasteiger partial charge is 0.373 e. The van der Waals surface area contributed by atoms with E-state index in [0.717, 1.165) is 11.1 Å². The monoisotopic (exact) mass is 426 g/mol. The summed E-state index contributed by atoms with van der Waals surface area (Å²) in [6.45, 7) is 5.55. The van der Waals surface area contributed by atoms with E-state index >= 15 is 0 Å². The Bertz CT molecular complexity index is 1210. The molecule has 3 aromatic rings. The molecule has 0 amide bonds. The lowest BCUT2D eigenvalue weighted by Gasteiger charge is -2.18. The van der Waals surface area contributed by atoms with Gasteiger partial charge in [0.15, 0.2) is 0 Å². The molecule has 1 aromatic carbocycles. The number of halogens is 1. The average Bonchev–Trinajstić information content (AvgIpc) is 2.68. The number of aromatic nitrogens is 3. The molecule has 0 bridgehead atoms. The third-order valence-electron chi connectivity index (χ3n) is 4.75. The van der Waals surface area contributed by atoms with Gasteiger partial charge in [-0.1, -0.05) is 25.4 Å². The first kappa shape index (κ1) is 21.5. The van der Waals surface area contributed by atoms with Crippen LogP contribution in [0, 0.1) is 6.92 Å². The molecule has 0 aliphatic rings. The molecule has 2 heterocycles. The number of pyridine rings is 1. The molecule has 0 saturated carbocycles. The summed E-state index contributed by atoms with van der Waals surface area (Å²) >= 11 is 6.15. The van der Waals surface area contributed by atoms with Gasteiger partial charge in [-0.2, -0.15) is 0 Å². The maximum absolute atomic E-state index is 13.5. The molecule has 2 aromatic heterocycles. The first-order chi connectivity index (χ1) is 14.2. The van der Waals surface area contributed by atoms with Crippen LogP contribution in [-0.4, -0.2) is 27.4 Å². The molecule has 0 unspecified atom stereocenters. The van der Waals surface area contributed by atoms with Gasteiger partial charge in [0.2, 0.25) is 5.78 Å². The smallest absolute Gasteiger partial charge is 0.329 e. The number of hydrogen-bond donors (Lipinski definition) is 2. The standard InChI is InChI=1S/C22H23ClN4O3/c1-12(2)18-19(20(28)15-7-13(3)8-16(23)10-15)27(22(30)26-21(18)29)11-14-5-6-25-17(9-14)24-4/h5-10,12H,11H2,1-4H3,(H,24,25)(H,26,29,30). The van der Waals surface area contributed by atoms with Crippen LogP contribution < -0.4 is 16.6 Å². The van der Waals surface area contributed by atoms with E-state index in [2.05, 4.69) is 15.3 Å². The molecule has 0 spiro atoms. The fourth-order valence-corrected chi connectivity index (χ4v) is 3.70. The number of carbonyl (C=O) groups excluding carboxylic acids is 1. The van der Waals surface area contributed by atoms with E-state index in [1.165, 1.54) is 4.57 Å². The summed E-state index contributed by atoms with van der Waals surface area (Å²) in [5, 5.41) is 3.36. The van der Waals surface area contributed by atoms with Crippen molar-refractivity contribution in [3.63, 3.8) is 0 Å². The minimum atomic E-state index is -0.644. The summed E-state index contributed by atoms with van der Waals surface area (Å²) < 4.78 is 1.31. The van der Waals surface area contributed by atoms with Gasteiger partial charge in [0, 0.05) is 29.4 Å². The van der Waals surface area contributed by atoms with Crippen LogP contribution >= 0.6 is 11.6 Å². The number of carbonyl (C=O) groups is 1. The predicted octanol–water partition coefficient (Wildman–Crippen LogP) is 3.34. The maximum atomic E-state index is 13.5. The van der Waals surface area contributed by atoms with E-state index in [1.807, 2.05) is 20.8 Å². The summed E-state index contributed by atoms with van der Waals surface area (Å²) in [5.74, 6) is -0.0621. The Kier molecular flexibility index (Phi) is 6.22. The third kappa shape index (κ3) is 4.36. The summed E-state index contributed by atoms with van der Waals surface area (Å²) in [6.07, 6.45) is 1.61. The molecule has 0 atom stereocenters. The van der Waals surface area contributed by atoms with Crippen molar-refractivity contribution < 1.29 is 4.79 Å². The predicted molar refractivity (Wildman–Crippen MR) is 118 cm³/mol. The molecular weight excluding hydrogens is 404 g/mol. The molecule has 0 fully saturated rings. The zero-order valence-corrected chi connectivity index (χ0v) is 18.0. The number of aromatic amines is 1. The fraction of sp³-hybridized carbons (Fsp3) is 0.273. The molecule has 3 rings (SSSR count). The van der Waals surface area contributed by atoms with E-state index in [1.54, 1.807) is 43.6 Å². The average molecular weight is 427 g/mol. The highest BCUT2D eigenvalue weighted by Crippen LogP contribution is 2.22. The number of aryl methyl sites for hydroxylation is 1. The van der Waals surface area contributed by atoms with Crippen LogP contribution in [0.2, 0.25) is 5.02 Å². The molecule has 0 aliphatic carbocycles. The topological polar surface area (TPSA) is 96.9 Å². The zero-order valence-electron chi connectivity index (χ0n) is 17.2. The van der Waals surface area contributed by atoms with Gasteiger partial charge in [-0.15, -0.1) is 0 Å². The Hall–Kier alpha value is -3.19. The second-order valence-electron chi connectivity index (χ2n) is 7.41. The number of H-pyrrole nitrogens is 1. The first-order valence-corrected chi connectivity index (χ1v) is 9.90. The van der Waals surface area contributed by atoms with Crippen LogP contribution in [-0.2, 0) is 6.54 Å². The van der Waals surface area contributed by atoms with Crippen molar-refractivity contribution in [1.82, 2.24) is 14.5 Å². The highest BCUT2D eigenvalue weighted by molar-refractivity contribution is 6.31. The molecular formula is C22H23ClN4O3. The molecule has 156 valence electrons. The van der Waals surface area contributed by atoms with Crippen LogP contribution in [0.15, 0.2) is 46.1 Å². The first-order valence-electron chi connectivity index (χ1n) is 9.52. The maximum Gasteiger partial charge on any atom is 0.329 e. The van der Waals surface area contributed by atoms with Crippen molar-refractivity contribution in [2.75, 3.05) is 12.4 Å². The number of hydrogen-bond acceptors (Lipinski definition) is 5. The van der Waals surface area contributed by atoms with Gasteiger partial charge < -0.3 is 5.32 Å². The van der Waals surface area contributed by atoms with Gasteiger partial charge in [0.25, 0.3) is 5.56 Å². The van der Waals surface area contributed by atoms with Crippen LogP contribution in [0.4, 0.5) is 5.82 Å². The second-order valence-corrected chi connectivity index (χ2v) is 7.84. The van der Waals surface area contributed by atoms with Gasteiger partial charge in [-0.25, -0.2) is 9.78 Å². The summed E-state index contributed by atoms with van der Waals surface area (Å²) in [5.41, 5.74) is 1.03. The Balaban J connectivity index is 2.26. The molecule has 30 heavy (non-hydrogen) atoms. The van der Waals surface area contributed by atoms with Crippen LogP contribution in [0.1, 0.15) is 52.5 Å². The lowest BCUT2D eigenvalue weighted by Crippen LogP contribution is -2.38. The lowest BCUT2D eigenvalue weighted by atomic mass is 9.96. The van der Waals surface area contributed by atoms with E-state index in [9.17, 15) is 14.4 Å². The fourth-order valence-electron chi connectivity index (χ4n) is 3.41. The quantitative estimate of drug-likeness (QED) is 0.589. The van der Waals surface area contributed by atoms with Crippen molar-refractivity contribution in [3.8, 4) is 0 Å². The molecule has 0 aliphatic heterocycles. The Morgan fingerprint density at radius 1 is 1.23 bits per heavy atom. The lowest BCUT2D eigenvalue weighted by molar-refractivity contribution is 0.102. The third-order valence-corrected chi connectivity index (χ3v) is 4.97. The number of nitrogens with zero attached hydrogens (tertiary/aromatic N) is 2. The Morgan fingerprint density at radius 2 is 1.97 bits per heavy atom. The van der Waals surface area contributed by atoms with Gasteiger partial charge >= 0.3 is 5.69 Å². The normalized spacial score (nSPS) is 11.0. The number of rotatable bonds is 6. The Morgan fingerprint density at radius 3 is 2.60 bits per heavy atom. The van der Waals surface area contributed by atoms with Gasteiger partial charge in [-0.3, -0.25) is 19.1 Å². The molecule has 2 N–H and O–H groups in total. The highest BCUT2D eigenvalue weighted by Gasteiger charge is 2.25. The number of benzene rings is 1. The minimum Gasteiger partial charge on any atom is -0.373 e. The number of anilines is 1. The molecule has 0 radical (unpaired) electrons. The molecule has 0 saturated heterocycles. The van der Waals surface area contributed by atoms with E-state index in [-0.39, 0.29) is 23.7 Å². The number of ketones is 1. The SMILES string of the molecule is CNc1cc(Cn2c(C(=O)c3cc(C)cc(Cl)c3)c(C(C)C)c(=O)[nH]c2=O)ccn1. The van der Waals surface area contributed by atoms with E-state index < -0.39 is 17.0 Å². The molecule has 8 heteroatoms. The van der Waals surface area contributed by atoms with Gasteiger partial charge in [-0.05, 0) is 54.3 Å². The Labute approximate surface area is 178 Å². The zero-order chi connectivity index (χ0) is 22.0. The summed E-state index contributed by atoms with van der Waals surface area (Å²) in [6, 6.07) is 8.51. The van der Waals surface area contributed by atoms with Crippen LogP contribution in [0.25, 0.3) is 0 Å². The number of nitrogens with one attached hydrogen (secondary N) is 2. The molecule has 7 nitrogen and oxygen atoms in total. The van der Waals surface area contributed by atoms with Crippen molar-refractivity contribution in [2.45, 2.75) is 33.2 Å². The van der Waals surface area contributed by atoms with Crippen molar-refractivity contribution >= 4 is 23.2 Å².